The number of Topliss-reactive ketones (excluding diaryl/α,β-unsaturated/α-hetero) is 1. The molecule has 1 aliphatic rings. The van der Waals surface area contributed by atoms with Crippen molar-refractivity contribution in [2.24, 2.45) is 17.3 Å². The van der Waals surface area contributed by atoms with Crippen molar-refractivity contribution in [1.29, 1.82) is 0 Å². The Balaban J connectivity index is 2.58. The first-order valence-corrected chi connectivity index (χ1v) is 9.91. The maximum absolute atomic E-state index is 12.7. The third-order valence-electron chi connectivity index (χ3n) is 5.55. The number of esters is 1. The molecule has 1 fully saturated rings. The van der Waals surface area contributed by atoms with Crippen molar-refractivity contribution in [1.82, 2.24) is 0 Å². The Kier molecular flexibility index (Phi) is 9.51. The van der Waals surface area contributed by atoms with Crippen molar-refractivity contribution < 1.29 is 24.5 Å². The maximum Gasteiger partial charge on any atom is 0.305 e. The minimum absolute atomic E-state index is 0.110. The topological polar surface area (TPSA) is 83.8 Å². The number of aliphatic hydroxyl groups is 2. The summed E-state index contributed by atoms with van der Waals surface area (Å²) in [5.74, 6) is -0.513. The molecule has 150 valence electrons. The van der Waals surface area contributed by atoms with Crippen LogP contribution in [0.4, 0.5) is 0 Å². The van der Waals surface area contributed by atoms with Crippen molar-refractivity contribution in [2.75, 3.05) is 7.11 Å². The van der Waals surface area contributed by atoms with Gasteiger partial charge in [-0.05, 0) is 19.3 Å². The summed E-state index contributed by atoms with van der Waals surface area (Å²) in [5.41, 5.74) is -0.750. The average molecular weight is 369 g/mol. The largest absolute Gasteiger partial charge is 0.469 e. The van der Waals surface area contributed by atoms with Gasteiger partial charge in [0.15, 0.2) is 0 Å². The van der Waals surface area contributed by atoms with E-state index in [1.807, 2.05) is 13.0 Å². The first-order chi connectivity index (χ1) is 12.3. The third-order valence-corrected chi connectivity index (χ3v) is 5.55. The normalized spacial score (nSPS) is 26.4. The molecular weight excluding hydrogens is 332 g/mol. The van der Waals surface area contributed by atoms with E-state index in [1.54, 1.807) is 19.9 Å². The fraction of sp³-hybridized carbons (Fsp3) is 0.810. The van der Waals surface area contributed by atoms with Gasteiger partial charge in [-0.25, -0.2) is 0 Å². The molecule has 1 aliphatic carbocycles. The highest BCUT2D eigenvalue weighted by Crippen LogP contribution is 2.45. The fourth-order valence-electron chi connectivity index (χ4n) is 3.80. The van der Waals surface area contributed by atoms with Crippen LogP contribution in [0.5, 0.6) is 0 Å². The van der Waals surface area contributed by atoms with Gasteiger partial charge in [-0.2, -0.15) is 0 Å². The third kappa shape index (κ3) is 6.20. The van der Waals surface area contributed by atoms with E-state index in [9.17, 15) is 19.8 Å². The predicted octanol–water partition coefficient (Wildman–Crippen LogP) is 3.42. The smallest absolute Gasteiger partial charge is 0.305 e. The van der Waals surface area contributed by atoms with Crippen LogP contribution >= 0.6 is 0 Å². The summed E-state index contributed by atoms with van der Waals surface area (Å²) >= 11 is 0. The van der Waals surface area contributed by atoms with Crippen LogP contribution in [-0.4, -0.2) is 41.3 Å². The molecule has 0 heterocycles. The van der Waals surface area contributed by atoms with Gasteiger partial charge in [0.05, 0.1) is 24.7 Å². The van der Waals surface area contributed by atoms with Gasteiger partial charge in [0.2, 0.25) is 0 Å². The quantitative estimate of drug-likeness (QED) is 0.332. The maximum atomic E-state index is 12.7. The Labute approximate surface area is 157 Å². The summed E-state index contributed by atoms with van der Waals surface area (Å²) in [6.07, 6.45) is 8.64. The first-order valence-electron chi connectivity index (χ1n) is 9.91. The van der Waals surface area contributed by atoms with Crippen LogP contribution in [0, 0.1) is 17.3 Å². The van der Waals surface area contributed by atoms with Gasteiger partial charge >= 0.3 is 5.97 Å². The van der Waals surface area contributed by atoms with Gasteiger partial charge in [-0.1, -0.05) is 58.6 Å². The Hall–Kier alpha value is -1.20. The molecule has 0 aromatic heterocycles. The summed E-state index contributed by atoms with van der Waals surface area (Å²) in [4.78, 5) is 23.8. The van der Waals surface area contributed by atoms with E-state index < -0.39 is 17.6 Å². The molecule has 0 aromatic rings. The molecule has 1 rings (SSSR count). The number of hydrogen-bond donors (Lipinski definition) is 2. The molecule has 0 unspecified atom stereocenters. The van der Waals surface area contributed by atoms with Crippen LogP contribution in [0.1, 0.15) is 72.1 Å². The Morgan fingerprint density at radius 1 is 1.27 bits per heavy atom. The van der Waals surface area contributed by atoms with Gasteiger partial charge < -0.3 is 14.9 Å². The van der Waals surface area contributed by atoms with Crippen LogP contribution in [0.25, 0.3) is 0 Å². The van der Waals surface area contributed by atoms with E-state index in [0.29, 0.717) is 12.8 Å². The second-order valence-corrected chi connectivity index (χ2v) is 7.98. The Bertz CT molecular complexity index is 483. The van der Waals surface area contributed by atoms with E-state index >= 15 is 0 Å². The number of rotatable bonds is 11. The lowest BCUT2D eigenvalue weighted by molar-refractivity contribution is -0.140. The molecule has 0 radical (unpaired) electrons. The number of aliphatic hydroxyl groups excluding tert-OH is 2. The van der Waals surface area contributed by atoms with E-state index in [0.717, 1.165) is 38.5 Å². The van der Waals surface area contributed by atoms with E-state index in [2.05, 4.69) is 4.74 Å². The molecule has 2 N–H and O–H groups in total. The number of unbranched alkanes of at least 4 members (excludes halogenated alkanes) is 3. The molecule has 0 saturated heterocycles. The number of carbonyl (C=O) groups excluding carboxylic acids is 2. The van der Waals surface area contributed by atoms with Gasteiger partial charge in [-0.3, -0.25) is 9.59 Å². The number of ketones is 1. The Morgan fingerprint density at radius 3 is 2.54 bits per heavy atom. The molecule has 5 heteroatoms. The van der Waals surface area contributed by atoms with E-state index in [1.165, 1.54) is 7.11 Å². The zero-order chi connectivity index (χ0) is 19.7. The number of ether oxygens (including phenoxy) is 1. The molecule has 0 aromatic carbocycles. The Morgan fingerprint density at radius 2 is 1.92 bits per heavy atom. The number of hydrogen-bond acceptors (Lipinski definition) is 5. The van der Waals surface area contributed by atoms with Crippen LogP contribution < -0.4 is 0 Å². The number of carbonyl (C=O) groups is 2. The van der Waals surface area contributed by atoms with Crippen LogP contribution in [0.3, 0.4) is 0 Å². The minimum atomic E-state index is -0.750. The summed E-state index contributed by atoms with van der Waals surface area (Å²) in [6, 6.07) is 0. The highest BCUT2D eigenvalue weighted by molar-refractivity contribution is 5.90. The lowest BCUT2D eigenvalue weighted by Gasteiger charge is -2.22. The molecule has 0 spiro atoms. The van der Waals surface area contributed by atoms with Crippen LogP contribution in [-0.2, 0) is 14.3 Å². The molecule has 0 aliphatic heterocycles. The molecule has 4 atom stereocenters. The summed E-state index contributed by atoms with van der Waals surface area (Å²) in [5, 5.41) is 20.5. The van der Waals surface area contributed by atoms with Crippen molar-refractivity contribution in [3.05, 3.63) is 12.2 Å². The summed E-state index contributed by atoms with van der Waals surface area (Å²) in [6.45, 7) is 5.62. The highest BCUT2D eigenvalue weighted by Gasteiger charge is 2.52. The van der Waals surface area contributed by atoms with Gasteiger partial charge in [0, 0.05) is 18.3 Å². The zero-order valence-electron chi connectivity index (χ0n) is 16.7. The van der Waals surface area contributed by atoms with Gasteiger partial charge in [0.25, 0.3) is 0 Å². The van der Waals surface area contributed by atoms with Crippen LogP contribution in [0.2, 0.25) is 0 Å². The molecule has 1 saturated carbocycles. The van der Waals surface area contributed by atoms with E-state index in [4.69, 9.17) is 0 Å². The van der Waals surface area contributed by atoms with Crippen molar-refractivity contribution in [2.45, 2.75) is 84.3 Å². The average Bonchev–Trinajstić information content (AvgIpc) is 2.76. The lowest BCUT2D eigenvalue weighted by Crippen LogP contribution is -2.31. The summed E-state index contributed by atoms with van der Waals surface area (Å²) in [7, 11) is 1.40. The minimum Gasteiger partial charge on any atom is -0.469 e. The van der Waals surface area contributed by atoms with E-state index in [-0.39, 0.29) is 23.6 Å². The molecule has 0 amide bonds. The lowest BCUT2D eigenvalue weighted by atomic mass is 9.86. The van der Waals surface area contributed by atoms with Crippen molar-refractivity contribution in [3.63, 3.8) is 0 Å². The summed E-state index contributed by atoms with van der Waals surface area (Å²) < 4.78 is 4.62. The monoisotopic (exact) mass is 368 g/mol. The standard InChI is InChI=1S/C21H36O5/c1-5-10-15(22)13-14-17-16(19(24)21(2,3)20(17)25)11-8-6-7-9-12-18(23)26-4/h13-17,20,22,25H,5-12H2,1-4H3/b14-13+/t15-,16+,17+,20-/m0/s1. The highest BCUT2D eigenvalue weighted by atomic mass is 16.5. The van der Waals surface area contributed by atoms with Gasteiger partial charge in [-0.15, -0.1) is 0 Å². The molecule has 0 bridgehead atoms. The van der Waals surface area contributed by atoms with Crippen molar-refractivity contribution in [3.8, 4) is 0 Å². The molecule has 5 nitrogen and oxygen atoms in total. The zero-order valence-corrected chi connectivity index (χ0v) is 16.7. The fourth-order valence-corrected chi connectivity index (χ4v) is 3.80. The number of methoxy groups -OCH3 is 1. The van der Waals surface area contributed by atoms with Crippen LogP contribution in [0.15, 0.2) is 12.2 Å². The SMILES string of the molecule is CCC[C@H](O)/C=C/[C@@H]1[C@@H](CCCCCCC(=O)OC)C(=O)C(C)(C)[C@H]1O. The predicted molar refractivity (Wildman–Crippen MR) is 102 cm³/mol. The molecular formula is C21H36O5. The second-order valence-electron chi connectivity index (χ2n) is 7.98. The second kappa shape index (κ2) is 10.8. The van der Waals surface area contributed by atoms with Crippen molar-refractivity contribution >= 4 is 11.8 Å². The van der Waals surface area contributed by atoms with Gasteiger partial charge in [0.1, 0.15) is 5.78 Å². The molecule has 26 heavy (non-hydrogen) atoms. The first kappa shape index (κ1) is 22.8.